The molecule has 0 bridgehead atoms. The van der Waals surface area contributed by atoms with Gasteiger partial charge in [0.05, 0.1) is 0 Å². The molecule has 1 saturated carbocycles. The van der Waals surface area contributed by atoms with Gasteiger partial charge < -0.3 is 14.6 Å². The Morgan fingerprint density at radius 2 is 1.72 bits per heavy atom. The van der Waals surface area contributed by atoms with E-state index in [4.69, 9.17) is 9.51 Å². The van der Waals surface area contributed by atoms with E-state index in [1.54, 1.807) is 0 Å². The van der Waals surface area contributed by atoms with Crippen LogP contribution in [0.1, 0.15) is 54.0 Å². The topological polar surface area (TPSA) is 68.0 Å². The average Bonchev–Trinajstić information content (AvgIpc) is 3.36. The highest BCUT2D eigenvalue weighted by Crippen LogP contribution is 2.36. The van der Waals surface area contributed by atoms with E-state index >= 15 is 0 Å². The fraction of sp³-hybridized carbons (Fsp3) is 0.323. The second-order valence-electron chi connectivity index (χ2n) is 10.4. The molecule has 0 spiro atoms. The number of aromatic nitrogens is 2. The minimum Gasteiger partial charge on any atom is -0.334 e. The predicted molar refractivity (Wildman–Crippen MR) is 141 cm³/mol. The molecular formula is C31H31N3O2. The molecule has 36 heavy (non-hydrogen) atoms. The molecule has 1 unspecified atom stereocenters. The highest BCUT2D eigenvalue weighted by molar-refractivity contribution is 5.75. The summed E-state index contributed by atoms with van der Waals surface area (Å²) in [7, 11) is 0. The first kappa shape index (κ1) is 22.9. The summed E-state index contributed by atoms with van der Waals surface area (Å²) in [5.74, 6) is 1.41. The lowest BCUT2D eigenvalue weighted by Crippen LogP contribution is -2.44. The summed E-state index contributed by atoms with van der Waals surface area (Å²) in [6.07, 6.45) is 6.38. The van der Waals surface area contributed by atoms with Gasteiger partial charge in [0.15, 0.2) is 0 Å². The van der Waals surface area contributed by atoms with Gasteiger partial charge in [-0.1, -0.05) is 47.6 Å². The molecule has 2 aliphatic carbocycles. The van der Waals surface area contributed by atoms with Gasteiger partial charge in [-0.25, -0.2) is 0 Å². The van der Waals surface area contributed by atoms with Crippen molar-refractivity contribution in [3.05, 3.63) is 82.9 Å². The number of nitrogens with one attached hydrogen (secondary N) is 1. The number of aldehydes is 1. The minimum atomic E-state index is 0.238. The lowest BCUT2D eigenvalue weighted by atomic mass is 9.79. The maximum absolute atomic E-state index is 10.9. The average molecular weight is 478 g/mol. The standard InChI is InChI=1S/C31H31N3O2/c1-19-13-25(14-20(2)29(19)22-7-4-3-5-8-22)31-33-30(34-36-31)24-11-12-27-23(17-24)9-6-10-28(27)32-26-15-21(16-26)18-35/h3-5,7-8,11-14,17-18,21,26,28,32H,6,9-10,15-16H2,1-2H3. The van der Waals surface area contributed by atoms with Gasteiger partial charge in [-0.05, 0) is 97.5 Å². The van der Waals surface area contributed by atoms with Gasteiger partial charge in [-0.2, -0.15) is 4.98 Å². The molecular weight excluding hydrogens is 446 g/mol. The second kappa shape index (κ2) is 9.47. The van der Waals surface area contributed by atoms with Crippen LogP contribution in [0.2, 0.25) is 0 Å². The Labute approximate surface area is 212 Å². The molecule has 6 rings (SSSR count). The summed E-state index contributed by atoms with van der Waals surface area (Å²) in [5, 5.41) is 8.10. The lowest BCUT2D eigenvalue weighted by molar-refractivity contribution is -0.113. The number of hydrogen-bond acceptors (Lipinski definition) is 5. The number of rotatable bonds is 6. The molecule has 4 aromatic rings. The highest BCUT2D eigenvalue weighted by Gasteiger charge is 2.32. The number of benzene rings is 3. The molecule has 0 aliphatic heterocycles. The third-order valence-corrected chi connectivity index (χ3v) is 7.79. The summed E-state index contributed by atoms with van der Waals surface area (Å²) < 4.78 is 5.72. The zero-order valence-corrected chi connectivity index (χ0v) is 20.8. The Morgan fingerprint density at radius 3 is 2.47 bits per heavy atom. The largest absolute Gasteiger partial charge is 0.334 e. The quantitative estimate of drug-likeness (QED) is 0.316. The minimum absolute atomic E-state index is 0.238. The first-order valence-corrected chi connectivity index (χ1v) is 12.9. The molecule has 1 aromatic heterocycles. The fourth-order valence-corrected chi connectivity index (χ4v) is 5.93. The van der Waals surface area contributed by atoms with Gasteiger partial charge >= 0.3 is 0 Å². The zero-order valence-electron chi connectivity index (χ0n) is 20.8. The van der Waals surface area contributed by atoms with Crippen molar-refractivity contribution in [2.45, 2.75) is 58.0 Å². The predicted octanol–water partition coefficient (Wildman–Crippen LogP) is 6.63. The van der Waals surface area contributed by atoms with Crippen LogP contribution >= 0.6 is 0 Å². The Morgan fingerprint density at radius 1 is 0.944 bits per heavy atom. The van der Waals surface area contributed by atoms with Crippen molar-refractivity contribution >= 4 is 6.29 Å². The van der Waals surface area contributed by atoms with Crippen LogP contribution in [-0.2, 0) is 11.2 Å². The van der Waals surface area contributed by atoms with Gasteiger partial charge in [0, 0.05) is 29.1 Å². The number of hydrogen-bond donors (Lipinski definition) is 1. The van der Waals surface area contributed by atoms with Crippen LogP contribution in [0, 0.1) is 19.8 Å². The molecule has 0 saturated heterocycles. The number of aryl methyl sites for hydroxylation is 3. The van der Waals surface area contributed by atoms with Crippen LogP contribution in [0.15, 0.2) is 65.2 Å². The maximum Gasteiger partial charge on any atom is 0.258 e. The van der Waals surface area contributed by atoms with E-state index in [2.05, 4.69) is 78.9 Å². The summed E-state index contributed by atoms with van der Waals surface area (Å²) in [4.78, 5) is 15.7. The van der Waals surface area contributed by atoms with Gasteiger partial charge in [0.1, 0.15) is 6.29 Å². The first-order chi connectivity index (χ1) is 17.6. The van der Waals surface area contributed by atoms with E-state index in [9.17, 15) is 4.79 Å². The van der Waals surface area contributed by atoms with Crippen molar-refractivity contribution in [3.8, 4) is 34.0 Å². The molecule has 0 radical (unpaired) electrons. The van der Waals surface area contributed by atoms with E-state index in [0.717, 1.165) is 49.5 Å². The Balaban J connectivity index is 1.24. The van der Waals surface area contributed by atoms with Gasteiger partial charge in [-0.3, -0.25) is 0 Å². The molecule has 0 amide bonds. The fourth-order valence-electron chi connectivity index (χ4n) is 5.93. The number of carbonyl (C=O) groups is 1. The van der Waals surface area contributed by atoms with Gasteiger partial charge in [0.2, 0.25) is 5.82 Å². The molecule has 1 fully saturated rings. The molecule has 1 N–H and O–H groups in total. The van der Waals surface area contributed by atoms with E-state index < -0.39 is 0 Å². The normalized spacial score (nSPS) is 21.0. The monoisotopic (exact) mass is 477 g/mol. The smallest absolute Gasteiger partial charge is 0.258 e. The highest BCUT2D eigenvalue weighted by atomic mass is 16.5. The SMILES string of the molecule is Cc1cc(-c2nc(-c3ccc4c(c3)CCCC4NC3CC(C=O)C3)no2)cc(C)c1-c1ccccc1. The van der Waals surface area contributed by atoms with Crippen LogP contribution in [0.3, 0.4) is 0 Å². The van der Waals surface area contributed by atoms with Crippen molar-refractivity contribution < 1.29 is 9.32 Å². The Hall–Kier alpha value is -3.57. The Kier molecular flexibility index (Phi) is 6.02. The summed E-state index contributed by atoms with van der Waals surface area (Å²) in [6, 6.07) is 22.1. The molecule has 182 valence electrons. The van der Waals surface area contributed by atoms with E-state index in [1.165, 1.54) is 33.4 Å². The van der Waals surface area contributed by atoms with Crippen molar-refractivity contribution in [2.24, 2.45) is 5.92 Å². The third-order valence-electron chi connectivity index (χ3n) is 7.79. The molecule has 3 aromatic carbocycles. The van der Waals surface area contributed by atoms with Crippen LogP contribution < -0.4 is 5.32 Å². The van der Waals surface area contributed by atoms with Crippen molar-refractivity contribution in [3.63, 3.8) is 0 Å². The third kappa shape index (κ3) is 4.28. The Bertz CT molecular complexity index is 1380. The molecule has 2 aliphatic rings. The maximum atomic E-state index is 10.9. The van der Waals surface area contributed by atoms with Crippen LogP contribution in [0.4, 0.5) is 0 Å². The molecule has 1 heterocycles. The van der Waals surface area contributed by atoms with Crippen molar-refractivity contribution in [2.75, 3.05) is 0 Å². The number of fused-ring (bicyclic) bond motifs is 1. The van der Waals surface area contributed by atoms with E-state index in [1.807, 2.05) is 6.07 Å². The molecule has 1 atom stereocenters. The van der Waals surface area contributed by atoms with E-state index in [-0.39, 0.29) is 5.92 Å². The van der Waals surface area contributed by atoms with Gasteiger partial charge in [0.25, 0.3) is 5.89 Å². The summed E-state index contributed by atoms with van der Waals surface area (Å²) in [6.45, 7) is 4.26. The summed E-state index contributed by atoms with van der Waals surface area (Å²) >= 11 is 0. The number of nitrogens with zero attached hydrogens (tertiary/aromatic N) is 2. The van der Waals surface area contributed by atoms with Crippen LogP contribution in [0.25, 0.3) is 34.0 Å². The van der Waals surface area contributed by atoms with Gasteiger partial charge in [-0.15, -0.1) is 0 Å². The first-order valence-electron chi connectivity index (χ1n) is 12.9. The van der Waals surface area contributed by atoms with E-state index in [0.29, 0.717) is 23.8 Å². The lowest BCUT2D eigenvalue weighted by Gasteiger charge is -2.37. The van der Waals surface area contributed by atoms with Crippen molar-refractivity contribution in [1.29, 1.82) is 0 Å². The zero-order chi connectivity index (χ0) is 24.6. The molecule has 5 heteroatoms. The van der Waals surface area contributed by atoms with Crippen LogP contribution in [-0.4, -0.2) is 22.5 Å². The van der Waals surface area contributed by atoms with Crippen molar-refractivity contribution in [1.82, 2.24) is 15.5 Å². The summed E-state index contributed by atoms with van der Waals surface area (Å²) in [5.41, 5.74) is 9.50. The van der Waals surface area contributed by atoms with Crippen LogP contribution in [0.5, 0.6) is 0 Å². The molecule has 5 nitrogen and oxygen atoms in total. The number of carbonyl (C=O) groups excluding carboxylic acids is 1. The second-order valence-corrected chi connectivity index (χ2v) is 10.4.